The van der Waals surface area contributed by atoms with Crippen LogP contribution in [-0.2, 0) is 6.54 Å². The Labute approximate surface area is 169 Å². The molecule has 3 aromatic rings. The van der Waals surface area contributed by atoms with Gasteiger partial charge in [-0.3, -0.25) is 4.79 Å². The number of ether oxygens (including phenoxy) is 3. The Bertz CT molecular complexity index is 1060. The second-order valence-electron chi connectivity index (χ2n) is 6.36. The third kappa shape index (κ3) is 3.83. The van der Waals surface area contributed by atoms with E-state index in [4.69, 9.17) is 20.6 Å². The molecule has 0 aliphatic heterocycles. The number of hydrogen-bond acceptors (Lipinski definition) is 5. The van der Waals surface area contributed by atoms with Gasteiger partial charge < -0.3 is 24.1 Å². The summed E-state index contributed by atoms with van der Waals surface area (Å²) in [5.74, 6) is 4.28. The maximum Gasteiger partial charge on any atom is 0.252 e. The van der Waals surface area contributed by atoms with Gasteiger partial charge in [-0.05, 0) is 31.2 Å². The largest absolute Gasteiger partial charge is 0.493 e. The van der Waals surface area contributed by atoms with Crippen molar-refractivity contribution in [2.24, 2.45) is 0 Å². The molecule has 7 heteroatoms. The van der Waals surface area contributed by atoms with E-state index in [1.165, 1.54) is 21.3 Å². The number of carbonyl (C=O) groups is 1. The van der Waals surface area contributed by atoms with Gasteiger partial charge in [0, 0.05) is 5.56 Å². The molecule has 1 heterocycles. The number of fused-ring (bicyclic) bond motifs is 1. The van der Waals surface area contributed by atoms with Crippen LogP contribution in [0.1, 0.15) is 29.1 Å². The first-order chi connectivity index (χ1) is 14.0. The van der Waals surface area contributed by atoms with E-state index < -0.39 is 0 Å². The van der Waals surface area contributed by atoms with Crippen molar-refractivity contribution in [3.63, 3.8) is 0 Å². The van der Waals surface area contributed by atoms with Gasteiger partial charge in [0.25, 0.3) is 5.91 Å². The summed E-state index contributed by atoms with van der Waals surface area (Å²) in [5, 5.41) is 2.97. The molecule has 1 aromatic heterocycles. The Kier molecular flexibility index (Phi) is 5.93. The number of benzene rings is 2. The SMILES string of the molecule is C#CCn1c(C(C)NC(=O)c2cc(OC)c(OC)c(OC)c2)nc2ccccc21. The normalized spacial score (nSPS) is 11.6. The van der Waals surface area contributed by atoms with Gasteiger partial charge in [-0.2, -0.15) is 0 Å². The lowest BCUT2D eigenvalue weighted by Gasteiger charge is -2.17. The molecule has 0 fully saturated rings. The summed E-state index contributed by atoms with van der Waals surface area (Å²) in [4.78, 5) is 17.6. The molecule has 0 aliphatic carbocycles. The molecular weight excluding hydrogens is 370 g/mol. The summed E-state index contributed by atoms with van der Waals surface area (Å²) >= 11 is 0. The molecule has 0 radical (unpaired) electrons. The number of methoxy groups -OCH3 is 3. The highest BCUT2D eigenvalue weighted by atomic mass is 16.5. The van der Waals surface area contributed by atoms with Crippen molar-refractivity contribution in [1.82, 2.24) is 14.9 Å². The van der Waals surface area contributed by atoms with Crippen LogP contribution in [0.15, 0.2) is 36.4 Å². The Balaban J connectivity index is 1.93. The van der Waals surface area contributed by atoms with E-state index in [9.17, 15) is 4.79 Å². The van der Waals surface area contributed by atoms with Crippen LogP contribution in [0.3, 0.4) is 0 Å². The number of nitrogens with zero attached hydrogens (tertiary/aromatic N) is 2. The number of rotatable bonds is 7. The van der Waals surface area contributed by atoms with Crippen molar-refractivity contribution in [1.29, 1.82) is 0 Å². The molecule has 0 aliphatic rings. The van der Waals surface area contributed by atoms with Gasteiger partial charge in [-0.15, -0.1) is 6.42 Å². The molecule has 1 N–H and O–H groups in total. The number of hydrogen-bond donors (Lipinski definition) is 1. The van der Waals surface area contributed by atoms with E-state index >= 15 is 0 Å². The molecule has 150 valence electrons. The highest BCUT2D eigenvalue weighted by Gasteiger charge is 2.21. The number of amides is 1. The second-order valence-corrected chi connectivity index (χ2v) is 6.36. The maximum absolute atomic E-state index is 12.9. The van der Waals surface area contributed by atoms with Crippen LogP contribution in [0.5, 0.6) is 17.2 Å². The first kappa shape index (κ1) is 20.1. The van der Waals surface area contributed by atoms with Crippen LogP contribution >= 0.6 is 0 Å². The zero-order valence-electron chi connectivity index (χ0n) is 16.9. The van der Waals surface area contributed by atoms with Gasteiger partial charge >= 0.3 is 0 Å². The van der Waals surface area contributed by atoms with Gasteiger partial charge in [-0.25, -0.2) is 4.98 Å². The van der Waals surface area contributed by atoms with Crippen LogP contribution in [0.25, 0.3) is 11.0 Å². The van der Waals surface area contributed by atoms with E-state index in [2.05, 4.69) is 16.2 Å². The van der Waals surface area contributed by atoms with Crippen molar-refractivity contribution < 1.29 is 19.0 Å². The van der Waals surface area contributed by atoms with Crippen LogP contribution in [0, 0.1) is 12.3 Å². The van der Waals surface area contributed by atoms with Gasteiger partial charge in [0.1, 0.15) is 5.82 Å². The maximum atomic E-state index is 12.9. The number of aromatic nitrogens is 2. The third-order valence-electron chi connectivity index (χ3n) is 4.60. The molecule has 3 rings (SSSR count). The molecule has 7 nitrogen and oxygen atoms in total. The lowest BCUT2D eigenvalue weighted by molar-refractivity contribution is 0.0937. The predicted molar refractivity (Wildman–Crippen MR) is 111 cm³/mol. The van der Waals surface area contributed by atoms with Crippen LogP contribution in [-0.4, -0.2) is 36.8 Å². The fraction of sp³-hybridized carbons (Fsp3) is 0.273. The first-order valence-corrected chi connectivity index (χ1v) is 9.03. The summed E-state index contributed by atoms with van der Waals surface area (Å²) in [6.45, 7) is 2.23. The summed E-state index contributed by atoms with van der Waals surface area (Å²) in [6.07, 6.45) is 5.54. The highest BCUT2D eigenvalue weighted by molar-refractivity contribution is 5.96. The Morgan fingerprint density at radius 2 is 1.83 bits per heavy atom. The van der Waals surface area contributed by atoms with E-state index in [0.717, 1.165) is 11.0 Å². The Morgan fingerprint density at radius 3 is 2.41 bits per heavy atom. The minimum atomic E-state index is -0.373. The number of nitrogens with one attached hydrogen (secondary N) is 1. The molecular formula is C22H23N3O4. The average Bonchev–Trinajstić information content (AvgIpc) is 3.11. The van der Waals surface area contributed by atoms with Crippen molar-refractivity contribution >= 4 is 16.9 Å². The second kappa shape index (κ2) is 8.57. The lowest BCUT2D eigenvalue weighted by atomic mass is 10.1. The molecule has 1 atom stereocenters. The van der Waals surface area contributed by atoms with E-state index in [-0.39, 0.29) is 11.9 Å². The van der Waals surface area contributed by atoms with Crippen LogP contribution < -0.4 is 19.5 Å². The highest BCUT2D eigenvalue weighted by Crippen LogP contribution is 2.38. The third-order valence-corrected chi connectivity index (χ3v) is 4.60. The van der Waals surface area contributed by atoms with Crippen molar-refractivity contribution in [2.45, 2.75) is 19.5 Å². The molecule has 0 saturated heterocycles. The summed E-state index contributed by atoms with van der Waals surface area (Å²) < 4.78 is 17.9. The number of para-hydroxylation sites is 2. The number of imidazole rings is 1. The minimum Gasteiger partial charge on any atom is -0.493 e. The molecule has 2 aromatic carbocycles. The first-order valence-electron chi connectivity index (χ1n) is 9.03. The molecule has 0 spiro atoms. The van der Waals surface area contributed by atoms with Crippen molar-refractivity contribution in [2.75, 3.05) is 21.3 Å². The van der Waals surface area contributed by atoms with Crippen LogP contribution in [0.4, 0.5) is 0 Å². The van der Waals surface area contributed by atoms with Gasteiger partial charge in [0.15, 0.2) is 11.5 Å². The molecule has 0 bridgehead atoms. The van der Waals surface area contributed by atoms with Gasteiger partial charge in [0.2, 0.25) is 5.75 Å². The van der Waals surface area contributed by atoms with Gasteiger partial charge in [-0.1, -0.05) is 18.1 Å². The van der Waals surface area contributed by atoms with E-state index in [1.54, 1.807) is 12.1 Å². The van der Waals surface area contributed by atoms with Crippen LogP contribution in [0.2, 0.25) is 0 Å². The summed E-state index contributed by atoms with van der Waals surface area (Å²) in [7, 11) is 4.52. The minimum absolute atomic E-state index is 0.295. The Hall–Kier alpha value is -3.66. The zero-order chi connectivity index (χ0) is 21.0. The molecule has 1 amide bonds. The standard InChI is InChI=1S/C22H23N3O4/c1-6-11-25-17-10-8-7-9-16(17)24-21(25)14(2)23-22(26)15-12-18(27-3)20(29-5)19(13-15)28-4/h1,7-10,12-14H,11H2,2-5H3,(H,23,26). The molecule has 29 heavy (non-hydrogen) atoms. The average molecular weight is 393 g/mol. The predicted octanol–water partition coefficient (Wildman–Crippen LogP) is 3.19. The topological polar surface area (TPSA) is 74.6 Å². The van der Waals surface area contributed by atoms with Crippen molar-refractivity contribution in [3.05, 3.63) is 47.8 Å². The van der Waals surface area contributed by atoms with Gasteiger partial charge in [0.05, 0.1) is 44.9 Å². The van der Waals surface area contributed by atoms with E-state index in [0.29, 0.717) is 35.2 Å². The number of carbonyl (C=O) groups excluding carboxylic acids is 1. The lowest BCUT2D eigenvalue weighted by Crippen LogP contribution is -2.28. The number of terminal acetylenes is 1. The molecule has 0 saturated carbocycles. The van der Waals surface area contributed by atoms with Crippen molar-refractivity contribution in [3.8, 4) is 29.6 Å². The zero-order valence-corrected chi connectivity index (χ0v) is 16.9. The quantitative estimate of drug-likeness (QED) is 0.624. The smallest absolute Gasteiger partial charge is 0.252 e. The fourth-order valence-electron chi connectivity index (χ4n) is 3.24. The summed E-state index contributed by atoms with van der Waals surface area (Å²) in [6, 6.07) is 10.6. The fourth-order valence-corrected chi connectivity index (χ4v) is 3.24. The molecule has 1 unspecified atom stereocenters. The monoisotopic (exact) mass is 393 g/mol. The Morgan fingerprint density at radius 1 is 1.17 bits per heavy atom. The van der Waals surface area contributed by atoms with E-state index in [1.807, 2.05) is 35.8 Å². The summed E-state index contributed by atoms with van der Waals surface area (Å²) in [5.41, 5.74) is 2.13.